The molecule has 3 nitrogen and oxygen atoms in total. The first-order valence-electron chi connectivity index (χ1n) is 5.51. The van der Waals surface area contributed by atoms with Gasteiger partial charge in [-0.15, -0.1) is 11.3 Å². The Labute approximate surface area is 105 Å². The Hall–Kier alpha value is -1.39. The number of thiazole rings is 1. The van der Waals surface area contributed by atoms with E-state index in [1.165, 1.54) is 0 Å². The van der Waals surface area contributed by atoms with Gasteiger partial charge >= 0.3 is 0 Å². The number of methoxy groups -OCH3 is 1. The fourth-order valence-electron chi connectivity index (χ4n) is 1.77. The van der Waals surface area contributed by atoms with E-state index in [9.17, 15) is 0 Å². The number of aryl methyl sites for hydroxylation is 1. The molecule has 1 aromatic carbocycles. The monoisotopic (exact) mass is 248 g/mol. The van der Waals surface area contributed by atoms with Gasteiger partial charge in [-0.1, -0.05) is 18.2 Å². The van der Waals surface area contributed by atoms with Gasteiger partial charge in [0.25, 0.3) is 0 Å². The Morgan fingerprint density at radius 1 is 1.35 bits per heavy atom. The number of rotatable bonds is 4. The van der Waals surface area contributed by atoms with Crippen molar-refractivity contribution < 1.29 is 4.74 Å². The minimum absolute atomic E-state index is 0.565. The third-order valence-corrected chi connectivity index (χ3v) is 3.84. The van der Waals surface area contributed by atoms with E-state index < -0.39 is 0 Å². The molecule has 0 bridgehead atoms. The molecule has 90 valence electrons. The second-order valence-electron chi connectivity index (χ2n) is 3.81. The smallest absolute Gasteiger partial charge is 0.122 e. The number of hydrogen-bond acceptors (Lipinski definition) is 4. The van der Waals surface area contributed by atoms with Gasteiger partial charge in [-0.2, -0.15) is 0 Å². The summed E-state index contributed by atoms with van der Waals surface area (Å²) in [7, 11) is 1.69. The van der Waals surface area contributed by atoms with Gasteiger partial charge in [0.15, 0.2) is 0 Å². The lowest BCUT2D eigenvalue weighted by Crippen LogP contribution is -1.94. The highest BCUT2D eigenvalue weighted by Gasteiger charge is 2.09. The quantitative estimate of drug-likeness (QED) is 0.904. The minimum atomic E-state index is 0.565. The molecule has 0 atom stereocenters. The van der Waals surface area contributed by atoms with Crippen molar-refractivity contribution >= 4 is 11.3 Å². The van der Waals surface area contributed by atoms with Crippen molar-refractivity contribution in [3.63, 3.8) is 0 Å². The van der Waals surface area contributed by atoms with Gasteiger partial charge in [0.2, 0.25) is 0 Å². The molecule has 0 unspecified atom stereocenters. The minimum Gasteiger partial charge on any atom is -0.496 e. The molecule has 0 amide bonds. The molecule has 2 N–H and O–H groups in total. The third-order valence-electron chi connectivity index (χ3n) is 2.66. The van der Waals surface area contributed by atoms with Crippen LogP contribution in [0.15, 0.2) is 24.3 Å². The Kier molecular flexibility index (Phi) is 3.76. The summed E-state index contributed by atoms with van der Waals surface area (Å²) in [4.78, 5) is 5.70. The van der Waals surface area contributed by atoms with Gasteiger partial charge in [-0.05, 0) is 13.0 Å². The number of para-hydroxylation sites is 1. The SMILES string of the molecule is COc1ccccc1Cc1nc(C)c(CN)s1. The van der Waals surface area contributed by atoms with Crippen molar-refractivity contribution in [1.29, 1.82) is 0 Å². The van der Waals surface area contributed by atoms with Crippen molar-refractivity contribution in [1.82, 2.24) is 4.98 Å². The van der Waals surface area contributed by atoms with Gasteiger partial charge < -0.3 is 10.5 Å². The fourth-order valence-corrected chi connectivity index (χ4v) is 2.74. The zero-order chi connectivity index (χ0) is 12.3. The molecule has 0 saturated heterocycles. The molecule has 2 aromatic rings. The lowest BCUT2D eigenvalue weighted by Gasteiger charge is -2.05. The summed E-state index contributed by atoms with van der Waals surface area (Å²) in [5, 5.41) is 1.09. The first kappa shape index (κ1) is 12.1. The summed E-state index contributed by atoms with van der Waals surface area (Å²) in [6, 6.07) is 8.03. The van der Waals surface area contributed by atoms with E-state index in [1.54, 1.807) is 18.4 Å². The third kappa shape index (κ3) is 2.65. The van der Waals surface area contributed by atoms with Crippen LogP contribution in [0.4, 0.5) is 0 Å². The summed E-state index contributed by atoms with van der Waals surface area (Å²) in [5.74, 6) is 0.912. The lowest BCUT2D eigenvalue weighted by atomic mass is 10.1. The van der Waals surface area contributed by atoms with Crippen LogP contribution >= 0.6 is 11.3 Å². The fraction of sp³-hybridized carbons (Fsp3) is 0.308. The van der Waals surface area contributed by atoms with Crippen molar-refractivity contribution in [2.75, 3.05) is 7.11 Å². The molecular weight excluding hydrogens is 232 g/mol. The van der Waals surface area contributed by atoms with Gasteiger partial charge in [0.05, 0.1) is 17.8 Å². The maximum Gasteiger partial charge on any atom is 0.122 e. The Morgan fingerprint density at radius 2 is 2.12 bits per heavy atom. The van der Waals surface area contributed by atoms with E-state index >= 15 is 0 Å². The molecule has 1 heterocycles. The van der Waals surface area contributed by atoms with E-state index in [4.69, 9.17) is 10.5 Å². The number of hydrogen-bond donors (Lipinski definition) is 1. The van der Waals surface area contributed by atoms with Crippen LogP contribution in [-0.4, -0.2) is 12.1 Å². The van der Waals surface area contributed by atoms with Gasteiger partial charge in [0, 0.05) is 23.4 Å². The van der Waals surface area contributed by atoms with Gasteiger partial charge in [-0.3, -0.25) is 0 Å². The first-order chi connectivity index (χ1) is 8.24. The molecule has 0 aliphatic carbocycles. The van der Waals surface area contributed by atoms with Crippen LogP contribution in [0, 0.1) is 6.92 Å². The van der Waals surface area contributed by atoms with Gasteiger partial charge in [-0.25, -0.2) is 4.98 Å². The molecule has 2 rings (SSSR count). The van der Waals surface area contributed by atoms with Crippen LogP contribution in [0.5, 0.6) is 5.75 Å². The number of ether oxygens (including phenoxy) is 1. The molecular formula is C13H16N2OS. The Morgan fingerprint density at radius 3 is 2.76 bits per heavy atom. The predicted molar refractivity (Wildman–Crippen MR) is 70.5 cm³/mol. The van der Waals surface area contributed by atoms with Crippen molar-refractivity contribution in [3.8, 4) is 5.75 Å². The summed E-state index contributed by atoms with van der Waals surface area (Å²) in [6.45, 7) is 2.57. The number of nitrogens with zero attached hydrogens (tertiary/aromatic N) is 1. The van der Waals surface area contributed by atoms with E-state index in [2.05, 4.69) is 11.1 Å². The first-order valence-corrected chi connectivity index (χ1v) is 6.33. The zero-order valence-corrected chi connectivity index (χ0v) is 10.9. The van der Waals surface area contributed by atoms with Crippen LogP contribution in [-0.2, 0) is 13.0 Å². The largest absolute Gasteiger partial charge is 0.496 e. The zero-order valence-electron chi connectivity index (χ0n) is 10.1. The Bertz CT molecular complexity index is 508. The van der Waals surface area contributed by atoms with Crippen molar-refractivity contribution in [2.24, 2.45) is 5.73 Å². The van der Waals surface area contributed by atoms with Crippen LogP contribution in [0.25, 0.3) is 0 Å². The summed E-state index contributed by atoms with van der Waals surface area (Å²) >= 11 is 1.68. The molecule has 17 heavy (non-hydrogen) atoms. The van der Waals surface area contributed by atoms with E-state index in [1.807, 2.05) is 25.1 Å². The maximum atomic E-state index is 5.66. The summed E-state index contributed by atoms with van der Waals surface area (Å²) in [6.07, 6.45) is 0.801. The van der Waals surface area contributed by atoms with Crippen LogP contribution < -0.4 is 10.5 Å². The number of benzene rings is 1. The van der Waals surface area contributed by atoms with Gasteiger partial charge in [0.1, 0.15) is 5.75 Å². The molecule has 0 aliphatic heterocycles. The van der Waals surface area contributed by atoms with E-state index in [-0.39, 0.29) is 0 Å². The van der Waals surface area contributed by atoms with E-state index in [0.29, 0.717) is 6.54 Å². The molecule has 0 spiro atoms. The van der Waals surface area contributed by atoms with E-state index in [0.717, 1.165) is 33.3 Å². The molecule has 1 aromatic heterocycles. The lowest BCUT2D eigenvalue weighted by molar-refractivity contribution is 0.410. The van der Waals surface area contributed by atoms with Crippen LogP contribution in [0.3, 0.4) is 0 Å². The van der Waals surface area contributed by atoms with Crippen molar-refractivity contribution in [2.45, 2.75) is 19.9 Å². The van der Waals surface area contributed by atoms with Crippen molar-refractivity contribution in [3.05, 3.63) is 45.4 Å². The summed E-state index contributed by atoms with van der Waals surface area (Å²) in [5.41, 5.74) is 7.86. The highest BCUT2D eigenvalue weighted by Crippen LogP contribution is 2.24. The second-order valence-corrected chi connectivity index (χ2v) is 4.98. The molecule has 0 radical (unpaired) electrons. The maximum absolute atomic E-state index is 5.66. The highest BCUT2D eigenvalue weighted by atomic mass is 32.1. The topological polar surface area (TPSA) is 48.1 Å². The Balaban J connectivity index is 2.25. The predicted octanol–water partition coefficient (Wildman–Crippen LogP) is 2.51. The molecule has 4 heteroatoms. The molecule has 0 saturated carbocycles. The summed E-state index contributed by atoms with van der Waals surface area (Å²) < 4.78 is 5.33. The highest BCUT2D eigenvalue weighted by molar-refractivity contribution is 7.11. The normalized spacial score (nSPS) is 10.5. The number of nitrogens with two attached hydrogens (primary N) is 1. The average Bonchev–Trinajstić information content (AvgIpc) is 2.70. The molecule has 0 fully saturated rings. The standard InChI is InChI=1S/C13H16N2OS/c1-9-12(8-14)17-13(15-9)7-10-5-3-4-6-11(10)16-2/h3-6H,7-8,14H2,1-2H3. The van der Waals surface area contributed by atoms with Crippen LogP contribution in [0.2, 0.25) is 0 Å². The average molecular weight is 248 g/mol. The van der Waals surface area contributed by atoms with Crippen LogP contribution in [0.1, 0.15) is 21.1 Å². The second kappa shape index (κ2) is 5.29. The number of aromatic nitrogens is 1. The molecule has 0 aliphatic rings.